The highest BCUT2D eigenvalue weighted by molar-refractivity contribution is 6.40. The predicted molar refractivity (Wildman–Crippen MR) is 87.8 cm³/mol. The number of nitro benzene ring substituents is 1. The fourth-order valence-corrected chi connectivity index (χ4v) is 2.57. The Hall–Kier alpha value is -3.23. The van der Waals surface area contributed by atoms with Crippen molar-refractivity contribution in [3.63, 3.8) is 0 Å². The second kappa shape index (κ2) is 7.56. The maximum atomic E-state index is 12.4. The Morgan fingerprint density at radius 3 is 2.60 bits per heavy atom. The first-order valence-electron chi connectivity index (χ1n) is 7.45. The van der Waals surface area contributed by atoms with E-state index in [-0.39, 0.29) is 29.1 Å². The standard InChI is InChI=1S/C16H17N3O6/c1-4-25-15(20)12-9(2)17-18-14(16(21)24-3)13(12)10-7-5-6-8-11(10)19(22)23/h5-8,13,17H,4H2,1-3H3/t13-/m1/s1. The number of carbonyl (C=O) groups is 2. The summed E-state index contributed by atoms with van der Waals surface area (Å²) in [6.07, 6.45) is 0. The van der Waals surface area contributed by atoms with Gasteiger partial charge in [0, 0.05) is 17.3 Å². The van der Waals surface area contributed by atoms with Crippen molar-refractivity contribution >= 4 is 23.3 Å². The average Bonchev–Trinajstić information content (AvgIpc) is 2.60. The monoisotopic (exact) mass is 347 g/mol. The van der Waals surface area contributed by atoms with E-state index in [1.165, 1.54) is 18.2 Å². The second-order valence-corrected chi connectivity index (χ2v) is 5.11. The van der Waals surface area contributed by atoms with Crippen LogP contribution in [0.1, 0.15) is 25.3 Å². The van der Waals surface area contributed by atoms with Gasteiger partial charge in [0.25, 0.3) is 5.69 Å². The van der Waals surface area contributed by atoms with Gasteiger partial charge in [-0.15, -0.1) is 0 Å². The summed E-state index contributed by atoms with van der Waals surface area (Å²) in [5.74, 6) is -2.56. The lowest BCUT2D eigenvalue weighted by atomic mass is 9.84. The zero-order valence-corrected chi connectivity index (χ0v) is 13.9. The van der Waals surface area contributed by atoms with Crippen LogP contribution in [0.4, 0.5) is 5.69 Å². The van der Waals surface area contributed by atoms with Crippen LogP contribution in [0.2, 0.25) is 0 Å². The lowest BCUT2D eigenvalue weighted by Crippen LogP contribution is -2.36. The van der Waals surface area contributed by atoms with E-state index in [2.05, 4.69) is 10.5 Å². The van der Waals surface area contributed by atoms with Crippen LogP contribution in [-0.2, 0) is 19.1 Å². The summed E-state index contributed by atoms with van der Waals surface area (Å²) in [7, 11) is 1.16. The highest BCUT2D eigenvalue weighted by Gasteiger charge is 2.40. The minimum absolute atomic E-state index is 0.0755. The van der Waals surface area contributed by atoms with Crippen LogP contribution in [0.25, 0.3) is 0 Å². The maximum absolute atomic E-state index is 12.4. The Bertz CT molecular complexity index is 784. The quantitative estimate of drug-likeness (QED) is 0.488. The minimum Gasteiger partial charge on any atom is -0.464 e. The number of carbonyl (C=O) groups excluding carboxylic acids is 2. The van der Waals surface area contributed by atoms with E-state index in [0.717, 1.165) is 7.11 Å². The number of allylic oxidation sites excluding steroid dienone is 1. The van der Waals surface area contributed by atoms with Crippen molar-refractivity contribution in [3.05, 3.63) is 51.2 Å². The fourth-order valence-electron chi connectivity index (χ4n) is 2.57. The molecule has 1 aliphatic rings. The van der Waals surface area contributed by atoms with Crippen molar-refractivity contribution in [2.24, 2.45) is 5.10 Å². The van der Waals surface area contributed by atoms with Gasteiger partial charge in [-0.2, -0.15) is 5.10 Å². The van der Waals surface area contributed by atoms with Gasteiger partial charge in [-0.05, 0) is 13.8 Å². The lowest BCUT2D eigenvalue weighted by molar-refractivity contribution is -0.385. The van der Waals surface area contributed by atoms with Crippen LogP contribution in [-0.4, -0.2) is 36.3 Å². The molecule has 0 aliphatic carbocycles. The van der Waals surface area contributed by atoms with Crippen LogP contribution in [0.5, 0.6) is 0 Å². The smallest absolute Gasteiger partial charge is 0.355 e. The zero-order chi connectivity index (χ0) is 18.6. The minimum atomic E-state index is -1.07. The van der Waals surface area contributed by atoms with E-state index in [9.17, 15) is 19.7 Å². The van der Waals surface area contributed by atoms with E-state index in [1.807, 2.05) is 0 Å². The summed E-state index contributed by atoms with van der Waals surface area (Å²) in [6, 6.07) is 5.85. The molecule has 0 unspecified atom stereocenters. The van der Waals surface area contributed by atoms with E-state index in [1.54, 1.807) is 19.9 Å². The lowest BCUT2D eigenvalue weighted by Gasteiger charge is -2.25. The number of benzene rings is 1. The molecule has 0 aromatic heterocycles. The van der Waals surface area contributed by atoms with Gasteiger partial charge in [0.15, 0.2) is 5.71 Å². The number of hydrazone groups is 1. The summed E-state index contributed by atoms with van der Waals surface area (Å²) in [5.41, 5.74) is 2.75. The van der Waals surface area contributed by atoms with Crippen molar-refractivity contribution in [1.82, 2.24) is 5.43 Å². The number of ether oxygens (including phenoxy) is 2. The molecule has 9 nitrogen and oxygen atoms in total. The molecule has 1 aromatic carbocycles. The van der Waals surface area contributed by atoms with Gasteiger partial charge in [-0.3, -0.25) is 15.5 Å². The van der Waals surface area contributed by atoms with Crippen LogP contribution in [0.15, 0.2) is 40.6 Å². The van der Waals surface area contributed by atoms with Gasteiger partial charge in [-0.25, -0.2) is 9.59 Å². The zero-order valence-electron chi connectivity index (χ0n) is 13.9. The van der Waals surface area contributed by atoms with Crippen molar-refractivity contribution in [3.8, 4) is 0 Å². The van der Waals surface area contributed by atoms with E-state index >= 15 is 0 Å². The first kappa shape index (κ1) is 18.1. The van der Waals surface area contributed by atoms with E-state index in [0.29, 0.717) is 5.70 Å². The Morgan fingerprint density at radius 1 is 1.32 bits per heavy atom. The number of nitro groups is 1. The first-order chi connectivity index (χ1) is 11.9. The molecule has 0 saturated heterocycles. The molecule has 0 fully saturated rings. The molecule has 132 valence electrons. The Balaban J connectivity index is 2.69. The highest BCUT2D eigenvalue weighted by Crippen LogP contribution is 2.36. The molecule has 1 N–H and O–H groups in total. The molecule has 0 amide bonds. The second-order valence-electron chi connectivity index (χ2n) is 5.11. The molecule has 1 aliphatic heterocycles. The van der Waals surface area contributed by atoms with Gasteiger partial charge >= 0.3 is 11.9 Å². The molecule has 0 spiro atoms. The summed E-state index contributed by atoms with van der Waals surface area (Å²) in [6.45, 7) is 3.33. The normalized spacial score (nSPS) is 16.6. The molecule has 1 atom stereocenters. The van der Waals surface area contributed by atoms with Crippen molar-refractivity contribution < 1.29 is 24.0 Å². The highest BCUT2D eigenvalue weighted by atomic mass is 16.6. The number of methoxy groups -OCH3 is 1. The predicted octanol–water partition coefficient (Wildman–Crippen LogP) is 1.65. The Kier molecular flexibility index (Phi) is 5.48. The number of nitrogens with zero attached hydrogens (tertiary/aromatic N) is 2. The number of hydrogen-bond acceptors (Lipinski definition) is 8. The third kappa shape index (κ3) is 3.49. The summed E-state index contributed by atoms with van der Waals surface area (Å²) < 4.78 is 9.76. The van der Waals surface area contributed by atoms with Gasteiger partial charge < -0.3 is 9.47 Å². The molecule has 2 rings (SSSR count). The molecule has 0 saturated carbocycles. The first-order valence-corrected chi connectivity index (χ1v) is 7.45. The molecule has 9 heteroatoms. The Labute approximate surface area is 143 Å². The molecule has 25 heavy (non-hydrogen) atoms. The molecular formula is C16H17N3O6. The summed E-state index contributed by atoms with van der Waals surface area (Å²) in [5, 5.41) is 15.3. The summed E-state index contributed by atoms with van der Waals surface area (Å²) >= 11 is 0. The average molecular weight is 347 g/mol. The van der Waals surface area contributed by atoms with Gasteiger partial charge in [-0.1, -0.05) is 18.2 Å². The summed E-state index contributed by atoms with van der Waals surface area (Å²) in [4.78, 5) is 35.4. The number of rotatable bonds is 5. The van der Waals surface area contributed by atoms with Crippen molar-refractivity contribution in [1.29, 1.82) is 0 Å². The van der Waals surface area contributed by atoms with Gasteiger partial charge in [0.1, 0.15) is 0 Å². The van der Waals surface area contributed by atoms with Crippen LogP contribution in [0.3, 0.4) is 0 Å². The number of hydrogen-bond donors (Lipinski definition) is 1. The Morgan fingerprint density at radius 2 is 2.00 bits per heavy atom. The van der Waals surface area contributed by atoms with Crippen LogP contribution in [0, 0.1) is 10.1 Å². The van der Waals surface area contributed by atoms with Gasteiger partial charge in [0.05, 0.1) is 30.1 Å². The van der Waals surface area contributed by atoms with E-state index in [4.69, 9.17) is 9.47 Å². The molecule has 1 heterocycles. The fraction of sp³-hybridized carbons (Fsp3) is 0.312. The molecule has 0 bridgehead atoms. The SMILES string of the molecule is CCOC(=O)C1=C(C)NN=C(C(=O)OC)[C@@H]1c1ccccc1[N+](=O)[O-]. The third-order valence-electron chi connectivity index (χ3n) is 3.64. The molecule has 1 aromatic rings. The largest absolute Gasteiger partial charge is 0.464 e. The van der Waals surface area contributed by atoms with Crippen LogP contribution >= 0.6 is 0 Å². The van der Waals surface area contributed by atoms with E-state index < -0.39 is 22.8 Å². The number of para-hydroxylation sites is 1. The number of esters is 2. The topological polar surface area (TPSA) is 120 Å². The van der Waals surface area contributed by atoms with Crippen LogP contribution < -0.4 is 5.43 Å². The molecular weight excluding hydrogens is 330 g/mol. The third-order valence-corrected chi connectivity index (χ3v) is 3.64. The van der Waals surface area contributed by atoms with Crippen molar-refractivity contribution in [2.75, 3.05) is 13.7 Å². The van der Waals surface area contributed by atoms with Gasteiger partial charge in [0.2, 0.25) is 0 Å². The maximum Gasteiger partial charge on any atom is 0.355 e. The van der Waals surface area contributed by atoms with Crippen molar-refractivity contribution in [2.45, 2.75) is 19.8 Å². The number of nitrogens with one attached hydrogen (secondary N) is 1. The molecule has 0 radical (unpaired) electrons.